The summed E-state index contributed by atoms with van der Waals surface area (Å²) in [6, 6.07) is 20.3. The number of hydrogen-bond acceptors (Lipinski definition) is 4. The lowest BCUT2D eigenvalue weighted by molar-refractivity contribution is 0.446. The second-order valence-electron chi connectivity index (χ2n) is 4.42. The summed E-state index contributed by atoms with van der Waals surface area (Å²) >= 11 is 1.54. The SMILES string of the molecule is C(=C\c1nnc(SCc2ccccc2)o1)/c1ccccc1. The van der Waals surface area contributed by atoms with E-state index < -0.39 is 0 Å². The summed E-state index contributed by atoms with van der Waals surface area (Å²) in [5, 5.41) is 8.65. The largest absolute Gasteiger partial charge is 0.412 e. The summed E-state index contributed by atoms with van der Waals surface area (Å²) in [6.45, 7) is 0. The third kappa shape index (κ3) is 4.07. The van der Waals surface area contributed by atoms with E-state index >= 15 is 0 Å². The van der Waals surface area contributed by atoms with Crippen LogP contribution in [0.1, 0.15) is 17.0 Å². The van der Waals surface area contributed by atoms with Gasteiger partial charge >= 0.3 is 0 Å². The van der Waals surface area contributed by atoms with Crippen LogP contribution >= 0.6 is 11.8 Å². The Morgan fingerprint density at radius 2 is 1.57 bits per heavy atom. The van der Waals surface area contributed by atoms with Gasteiger partial charge in [-0.3, -0.25) is 0 Å². The number of thioether (sulfide) groups is 1. The Kier molecular flexibility index (Phi) is 4.49. The van der Waals surface area contributed by atoms with Gasteiger partial charge in [-0.15, -0.1) is 10.2 Å². The fourth-order valence-corrected chi connectivity index (χ4v) is 2.52. The van der Waals surface area contributed by atoms with Crippen molar-refractivity contribution in [1.82, 2.24) is 10.2 Å². The van der Waals surface area contributed by atoms with E-state index in [2.05, 4.69) is 22.3 Å². The Bertz CT molecular complexity index is 708. The maximum Gasteiger partial charge on any atom is 0.277 e. The Hall–Kier alpha value is -2.33. The maximum absolute atomic E-state index is 5.58. The summed E-state index contributed by atoms with van der Waals surface area (Å²) < 4.78 is 5.58. The van der Waals surface area contributed by atoms with Gasteiger partial charge in [0, 0.05) is 11.8 Å². The van der Waals surface area contributed by atoms with Crippen LogP contribution in [0.2, 0.25) is 0 Å². The molecule has 1 aromatic heterocycles. The van der Waals surface area contributed by atoms with Gasteiger partial charge in [0.2, 0.25) is 5.89 Å². The molecule has 0 aliphatic carbocycles. The van der Waals surface area contributed by atoms with Crippen molar-refractivity contribution in [3.8, 4) is 0 Å². The van der Waals surface area contributed by atoms with Crippen molar-refractivity contribution in [3.05, 3.63) is 77.7 Å². The Morgan fingerprint density at radius 3 is 2.33 bits per heavy atom. The second-order valence-corrected chi connectivity index (χ2v) is 5.35. The molecule has 0 aliphatic heterocycles. The first-order valence-electron chi connectivity index (χ1n) is 6.63. The highest BCUT2D eigenvalue weighted by Gasteiger charge is 2.04. The highest BCUT2D eigenvalue weighted by atomic mass is 32.2. The first kappa shape index (κ1) is 13.6. The Balaban J connectivity index is 1.60. The minimum absolute atomic E-state index is 0.523. The standard InChI is InChI=1S/C17H14N2OS/c1-3-7-14(8-4-1)11-12-16-18-19-17(20-16)21-13-15-9-5-2-6-10-15/h1-12H,13H2/b12-11+. The monoisotopic (exact) mass is 294 g/mol. The van der Waals surface area contributed by atoms with Gasteiger partial charge in [-0.05, 0) is 17.2 Å². The molecule has 1 heterocycles. The molecule has 0 radical (unpaired) electrons. The van der Waals surface area contributed by atoms with Gasteiger partial charge in [-0.1, -0.05) is 72.4 Å². The van der Waals surface area contributed by atoms with Crippen LogP contribution in [0.3, 0.4) is 0 Å². The van der Waals surface area contributed by atoms with Crippen LogP contribution in [-0.4, -0.2) is 10.2 Å². The first-order valence-corrected chi connectivity index (χ1v) is 7.62. The topological polar surface area (TPSA) is 38.9 Å². The minimum Gasteiger partial charge on any atom is -0.412 e. The molecular weight excluding hydrogens is 280 g/mol. The van der Waals surface area contributed by atoms with Crippen LogP contribution in [0.25, 0.3) is 12.2 Å². The molecule has 21 heavy (non-hydrogen) atoms. The first-order chi connectivity index (χ1) is 10.4. The van der Waals surface area contributed by atoms with Gasteiger partial charge in [-0.2, -0.15) is 0 Å². The average molecular weight is 294 g/mol. The van der Waals surface area contributed by atoms with E-state index in [1.807, 2.05) is 60.7 Å². The van der Waals surface area contributed by atoms with Gasteiger partial charge in [-0.25, -0.2) is 0 Å². The summed E-state index contributed by atoms with van der Waals surface area (Å²) in [5.74, 6) is 1.35. The van der Waals surface area contributed by atoms with Crippen molar-refractivity contribution in [2.45, 2.75) is 11.0 Å². The molecule has 0 N–H and O–H groups in total. The molecule has 0 fully saturated rings. The molecule has 0 bridgehead atoms. The van der Waals surface area contributed by atoms with Gasteiger partial charge in [0.25, 0.3) is 5.22 Å². The Labute approximate surface area is 127 Å². The van der Waals surface area contributed by atoms with Crippen LogP contribution in [0, 0.1) is 0 Å². The summed E-state index contributed by atoms with van der Waals surface area (Å²) in [5.41, 5.74) is 2.34. The third-order valence-electron chi connectivity index (χ3n) is 2.85. The molecule has 3 rings (SSSR count). The molecule has 104 valence electrons. The van der Waals surface area contributed by atoms with Crippen molar-refractivity contribution in [3.63, 3.8) is 0 Å². The average Bonchev–Trinajstić information content (AvgIpc) is 3.01. The van der Waals surface area contributed by atoms with E-state index in [0.717, 1.165) is 11.3 Å². The van der Waals surface area contributed by atoms with Crippen molar-refractivity contribution in [1.29, 1.82) is 0 Å². The van der Waals surface area contributed by atoms with E-state index in [0.29, 0.717) is 11.1 Å². The Morgan fingerprint density at radius 1 is 0.857 bits per heavy atom. The zero-order valence-corrected chi connectivity index (χ0v) is 12.2. The summed E-state index contributed by atoms with van der Waals surface area (Å²) in [6.07, 6.45) is 3.79. The number of benzene rings is 2. The van der Waals surface area contributed by atoms with Crippen molar-refractivity contribution in [2.24, 2.45) is 0 Å². The second kappa shape index (κ2) is 6.90. The van der Waals surface area contributed by atoms with Gasteiger partial charge < -0.3 is 4.42 Å². The van der Waals surface area contributed by atoms with Gasteiger partial charge in [0.1, 0.15) is 0 Å². The van der Waals surface area contributed by atoms with E-state index in [4.69, 9.17) is 4.42 Å². The zero-order valence-electron chi connectivity index (χ0n) is 11.3. The van der Waals surface area contributed by atoms with Crippen molar-refractivity contribution >= 4 is 23.9 Å². The number of hydrogen-bond donors (Lipinski definition) is 0. The molecule has 0 aliphatic rings. The van der Waals surface area contributed by atoms with E-state index in [1.165, 1.54) is 5.56 Å². The van der Waals surface area contributed by atoms with Crippen LogP contribution in [-0.2, 0) is 5.75 Å². The number of rotatable bonds is 5. The quantitative estimate of drug-likeness (QED) is 0.648. The molecule has 2 aromatic carbocycles. The van der Waals surface area contributed by atoms with E-state index in [1.54, 1.807) is 11.8 Å². The molecule has 0 amide bonds. The fraction of sp³-hybridized carbons (Fsp3) is 0.0588. The summed E-state index contributed by atoms with van der Waals surface area (Å²) in [7, 11) is 0. The van der Waals surface area contributed by atoms with Crippen LogP contribution < -0.4 is 0 Å². The van der Waals surface area contributed by atoms with E-state index in [9.17, 15) is 0 Å². The highest BCUT2D eigenvalue weighted by Crippen LogP contribution is 2.21. The number of nitrogens with zero attached hydrogens (tertiary/aromatic N) is 2. The van der Waals surface area contributed by atoms with Crippen LogP contribution in [0.15, 0.2) is 70.3 Å². The van der Waals surface area contributed by atoms with Gasteiger partial charge in [0.15, 0.2) is 0 Å². The summed E-state index contributed by atoms with van der Waals surface area (Å²) in [4.78, 5) is 0. The molecular formula is C17H14N2OS. The van der Waals surface area contributed by atoms with Crippen LogP contribution in [0.4, 0.5) is 0 Å². The smallest absolute Gasteiger partial charge is 0.277 e. The lowest BCUT2D eigenvalue weighted by atomic mass is 10.2. The molecule has 0 atom stereocenters. The maximum atomic E-state index is 5.58. The molecule has 3 aromatic rings. The molecule has 0 unspecified atom stereocenters. The van der Waals surface area contributed by atoms with Crippen molar-refractivity contribution < 1.29 is 4.42 Å². The molecule has 4 heteroatoms. The third-order valence-corrected chi connectivity index (χ3v) is 3.73. The van der Waals surface area contributed by atoms with Crippen molar-refractivity contribution in [2.75, 3.05) is 0 Å². The normalized spacial score (nSPS) is 11.0. The highest BCUT2D eigenvalue weighted by molar-refractivity contribution is 7.98. The lowest BCUT2D eigenvalue weighted by Crippen LogP contribution is -1.79. The van der Waals surface area contributed by atoms with Gasteiger partial charge in [0.05, 0.1) is 0 Å². The lowest BCUT2D eigenvalue weighted by Gasteiger charge is -1.96. The molecule has 0 saturated carbocycles. The van der Waals surface area contributed by atoms with E-state index in [-0.39, 0.29) is 0 Å². The van der Waals surface area contributed by atoms with Crippen LogP contribution in [0.5, 0.6) is 0 Å². The predicted octanol–water partition coefficient (Wildman–Crippen LogP) is 4.53. The minimum atomic E-state index is 0.523. The predicted molar refractivity (Wildman–Crippen MR) is 85.7 cm³/mol. The molecule has 0 saturated heterocycles. The fourth-order valence-electron chi connectivity index (χ4n) is 1.80. The zero-order chi connectivity index (χ0) is 14.3. The number of aromatic nitrogens is 2. The molecule has 3 nitrogen and oxygen atoms in total. The molecule has 0 spiro atoms.